The van der Waals surface area contributed by atoms with E-state index in [1.807, 2.05) is 18.2 Å². The van der Waals surface area contributed by atoms with Gasteiger partial charge in [-0.05, 0) is 36.8 Å². The van der Waals surface area contributed by atoms with E-state index in [1.54, 1.807) is 6.20 Å². The molecule has 3 rings (SSSR count). The first-order valence-electron chi connectivity index (χ1n) is 7.70. The third-order valence-corrected chi connectivity index (χ3v) is 4.64. The molecule has 2 aromatic heterocycles. The van der Waals surface area contributed by atoms with Crippen LogP contribution in [0.2, 0.25) is 5.15 Å². The Kier molecular flexibility index (Phi) is 4.63. The van der Waals surface area contributed by atoms with Crippen molar-refractivity contribution < 1.29 is 5.11 Å². The lowest BCUT2D eigenvalue weighted by molar-refractivity contribution is 0.226. The van der Waals surface area contributed by atoms with Crippen LogP contribution in [0.4, 0.5) is 11.8 Å². The largest absolute Gasteiger partial charge is 0.396 e. The molecule has 23 heavy (non-hydrogen) atoms. The number of aliphatic hydroxyl groups excluding tert-OH is 1. The van der Waals surface area contributed by atoms with Gasteiger partial charge in [-0.1, -0.05) is 24.6 Å². The SMILES string of the molecule is C[C@@H]1C[C@@H](CO)C[C@H]1Nc1nc(N)nc(Cl)c1-c1ccccn1. The zero-order valence-corrected chi connectivity index (χ0v) is 13.7. The van der Waals surface area contributed by atoms with Gasteiger partial charge in [0.15, 0.2) is 0 Å². The standard InChI is InChI=1S/C16H20ClN5O/c1-9-6-10(8-23)7-12(9)20-15-13(11-4-2-3-5-19-11)14(17)21-16(18)22-15/h2-5,9-10,12,23H,6-8H2,1H3,(H3,18,20,21,22)/t9-,10-,12-/m1/s1. The molecular weight excluding hydrogens is 314 g/mol. The molecule has 1 fully saturated rings. The molecule has 122 valence electrons. The van der Waals surface area contributed by atoms with E-state index in [0.717, 1.165) is 12.8 Å². The first-order chi connectivity index (χ1) is 11.1. The normalized spacial score (nSPS) is 23.9. The van der Waals surface area contributed by atoms with Crippen LogP contribution in [0.5, 0.6) is 0 Å². The van der Waals surface area contributed by atoms with Crippen LogP contribution in [-0.2, 0) is 0 Å². The molecule has 0 radical (unpaired) electrons. The number of nitrogens with zero attached hydrogens (tertiary/aromatic N) is 3. The molecular formula is C16H20ClN5O. The molecule has 3 atom stereocenters. The van der Waals surface area contributed by atoms with Crippen molar-refractivity contribution in [2.75, 3.05) is 17.7 Å². The summed E-state index contributed by atoms with van der Waals surface area (Å²) in [7, 11) is 0. The summed E-state index contributed by atoms with van der Waals surface area (Å²) < 4.78 is 0. The van der Waals surface area contributed by atoms with Crippen LogP contribution in [0, 0.1) is 11.8 Å². The van der Waals surface area contributed by atoms with Crippen LogP contribution in [-0.4, -0.2) is 32.7 Å². The summed E-state index contributed by atoms with van der Waals surface area (Å²) in [5.74, 6) is 1.47. The summed E-state index contributed by atoms with van der Waals surface area (Å²) in [6.07, 6.45) is 3.58. The first kappa shape index (κ1) is 16.0. The third kappa shape index (κ3) is 3.38. The van der Waals surface area contributed by atoms with E-state index in [9.17, 15) is 5.11 Å². The minimum Gasteiger partial charge on any atom is -0.396 e. The van der Waals surface area contributed by atoms with Crippen molar-refractivity contribution in [2.24, 2.45) is 11.8 Å². The Hall–Kier alpha value is -1.92. The highest BCUT2D eigenvalue weighted by molar-refractivity contribution is 6.32. The summed E-state index contributed by atoms with van der Waals surface area (Å²) in [6.45, 7) is 2.38. The van der Waals surface area contributed by atoms with E-state index >= 15 is 0 Å². The summed E-state index contributed by atoms with van der Waals surface area (Å²) >= 11 is 6.30. The van der Waals surface area contributed by atoms with Crippen molar-refractivity contribution in [1.82, 2.24) is 15.0 Å². The molecule has 0 aromatic carbocycles. The topological polar surface area (TPSA) is 97.0 Å². The van der Waals surface area contributed by atoms with Crippen LogP contribution < -0.4 is 11.1 Å². The fourth-order valence-electron chi connectivity index (χ4n) is 3.20. The highest BCUT2D eigenvalue weighted by Gasteiger charge is 2.32. The maximum Gasteiger partial charge on any atom is 0.223 e. The second-order valence-corrected chi connectivity index (χ2v) is 6.42. The van der Waals surface area contributed by atoms with Gasteiger partial charge in [-0.2, -0.15) is 4.98 Å². The molecule has 1 saturated carbocycles. The van der Waals surface area contributed by atoms with Crippen molar-refractivity contribution >= 4 is 23.4 Å². The van der Waals surface area contributed by atoms with Gasteiger partial charge in [-0.3, -0.25) is 4.98 Å². The van der Waals surface area contributed by atoms with Crippen molar-refractivity contribution in [3.63, 3.8) is 0 Å². The number of nitrogens with one attached hydrogen (secondary N) is 1. The van der Waals surface area contributed by atoms with Crippen LogP contribution in [0.1, 0.15) is 19.8 Å². The number of pyridine rings is 1. The number of rotatable bonds is 4. The quantitative estimate of drug-likeness (QED) is 0.744. The minimum atomic E-state index is 0.126. The number of nitrogen functional groups attached to an aromatic ring is 1. The summed E-state index contributed by atoms with van der Waals surface area (Å²) in [5, 5.41) is 13.1. The molecule has 6 nitrogen and oxygen atoms in total. The molecule has 7 heteroatoms. The number of nitrogens with two attached hydrogens (primary N) is 1. The second kappa shape index (κ2) is 6.68. The molecule has 0 aliphatic heterocycles. The predicted octanol–water partition coefficient (Wildman–Crippen LogP) is 2.59. The van der Waals surface area contributed by atoms with E-state index in [-0.39, 0.29) is 23.8 Å². The Morgan fingerprint density at radius 1 is 1.35 bits per heavy atom. The van der Waals surface area contributed by atoms with Gasteiger partial charge in [0.2, 0.25) is 5.95 Å². The highest BCUT2D eigenvalue weighted by atomic mass is 35.5. The fraction of sp³-hybridized carbons (Fsp3) is 0.438. The number of hydrogen-bond donors (Lipinski definition) is 3. The van der Waals surface area contributed by atoms with Crippen LogP contribution in [0.25, 0.3) is 11.3 Å². The number of aromatic nitrogens is 3. The number of hydrogen-bond acceptors (Lipinski definition) is 6. The monoisotopic (exact) mass is 333 g/mol. The molecule has 0 saturated heterocycles. The van der Waals surface area contributed by atoms with E-state index in [0.29, 0.717) is 28.9 Å². The zero-order chi connectivity index (χ0) is 16.4. The van der Waals surface area contributed by atoms with Crippen molar-refractivity contribution in [3.8, 4) is 11.3 Å². The van der Waals surface area contributed by atoms with Gasteiger partial charge < -0.3 is 16.2 Å². The minimum absolute atomic E-state index is 0.126. The van der Waals surface area contributed by atoms with Crippen LogP contribution >= 0.6 is 11.6 Å². The third-order valence-electron chi connectivity index (χ3n) is 4.36. The van der Waals surface area contributed by atoms with Gasteiger partial charge in [0, 0.05) is 18.8 Å². The Bertz CT molecular complexity index is 682. The number of anilines is 2. The molecule has 0 spiro atoms. The first-order valence-corrected chi connectivity index (χ1v) is 8.08. The van der Waals surface area contributed by atoms with E-state index in [1.165, 1.54) is 0 Å². The Labute approximate surface area is 140 Å². The van der Waals surface area contributed by atoms with Crippen LogP contribution in [0.15, 0.2) is 24.4 Å². The van der Waals surface area contributed by atoms with Crippen molar-refractivity contribution in [2.45, 2.75) is 25.8 Å². The van der Waals surface area contributed by atoms with Gasteiger partial charge in [0.05, 0.1) is 11.3 Å². The van der Waals surface area contributed by atoms with E-state index in [4.69, 9.17) is 17.3 Å². The molecule has 0 bridgehead atoms. The summed E-state index contributed by atoms with van der Waals surface area (Å²) in [4.78, 5) is 12.7. The van der Waals surface area contributed by atoms with E-state index in [2.05, 4.69) is 27.2 Å². The average Bonchev–Trinajstić information content (AvgIpc) is 2.88. The summed E-state index contributed by atoms with van der Waals surface area (Å²) in [5.41, 5.74) is 7.11. The Balaban J connectivity index is 1.96. The van der Waals surface area contributed by atoms with Gasteiger partial charge in [-0.15, -0.1) is 0 Å². The molecule has 2 heterocycles. The molecule has 4 N–H and O–H groups in total. The lowest BCUT2D eigenvalue weighted by Gasteiger charge is -2.20. The molecule has 2 aromatic rings. The highest BCUT2D eigenvalue weighted by Crippen LogP contribution is 2.37. The van der Waals surface area contributed by atoms with Gasteiger partial charge in [0.25, 0.3) is 0 Å². The second-order valence-electron chi connectivity index (χ2n) is 6.06. The maximum absolute atomic E-state index is 9.38. The number of aliphatic hydroxyl groups is 1. The van der Waals surface area contributed by atoms with Crippen LogP contribution in [0.3, 0.4) is 0 Å². The number of halogens is 1. The Morgan fingerprint density at radius 3 is 2.83 bits per heavy atom. The maximum atomic E-state index is 9.38. The van der Waals surface area contributed by atoms with Gasteiger partial charge in [0.1, 0.15) is 11.0 Å². The van der Waals surface area contributed by atoms with Crippen molar-refractivity contribution in [1.29, 1.82) is 0 Å². The van der Waals surface area contributed by atoms with Crippen molar-refractivity contribution in [3.05, 3.63) is 29.5 Å². The molecule has 0 amide bonds. The molecule has 0 unspecified atom stereocenters. The zero-order valence-electron chi connectivity index (χ0n) is 12.9. The van der Waals surface area contributed by atoms with E-state index < -0.39 is 0 Å². The van der Waals surface area contributed by atoms with Gasteiger partial charge in [-0.25, -0.2) is 4.98 Å². The fourth-order valence-corrected chi connectivity index (χ4v) is 3.47. The predicted molar refractivity (Wildman–Crippen MR) is 91.1 cm³/mol. The summed E-state index contributed by atoms with van der Waals surface area (Å²) in [6, 6.07) is 5.80. The lowest BCUT2D eigenvalue weighted by Crippen LogP contribution is -2.24. The Morgan fingerprint density at radius 2 is 2.17 bits per heavy atom. The van der Waals surface area contributed by atoms with Gasteiger partial charge >= 0.3 is 0 Å². The average molecular weight is 334 g/mol. The lowest BCUT2D eigenvalue weighted by atomic mass is 10.1. The smallest absolute Gasteiger partial charge is 0.223 e. The molecule has 1 aliphatic rings. The molecule has 1 aliphatic carbocycles.